The van der Waals surface area contributed by atoms with Crippen molar-refractivity contribution in [3.8, 4) is 11.5 Å². The summed E-state index contributed by atoms with van der Waals surface area (Å²) in [6.45, 7) is 1.93. The van der Waals surface area contributed by atoms with Crippen molar-refractivity contribution in [1.29, 1.82) is 0 Å². The third kappa shape index (κ3) is 3.41. The number of ether oxygens (including phenoxy) is 3. The number of hydrogen-bond donors (Lipinski definition) is 2. The van der Waals surface area contributed by atoms with Gasteiger partial charge in [0.2, 0.25) is 6.79 Å². The highest BCUT2D eigenvalue weighted by Gasteiger charge is 2.23. The molecule has 8 nitrogen and oxygen atoms in total. The molecule has 8 heteroatoms. The van der Waals surface area contributed by atoms with Crippen LogP contribution in [0.15, 0.2) is 42.7 Å². The fourth-order valence-electron chi connectivity index (χ4n) is 2.78. The van der Waals surface area contributed by atoms with Gasteiger partial charge in [-0.05, 0) is 36.8 Å². The first kappa shape index (κ1) is 16.9. The molecule has 1 aliphatic heterocycles. The van der Waals surface area contributed by atoms with Crippen molar-refractivity contribution in [2.45, 2.75) is 19.4 Å². The molecule has 0 bridgehead atoms. The van der Waals surface area contributed by atoms with Gasteiger partial charge in [0.25, 0.3) is 5.91 Å². The van der Waals surface area contributed by atoms with E-state index in [2.05, 4.69) is 15.3 Å². The highest BCUT2D eigenvalue weighted by atomic mass is 16.7. The number of benzene rings is 2. The first-order chi connectivity index (χ1) is 13.1. The molecule has 2 N–H and O–H groups in total. The van der Waals surface area contributed by atoms with E-state index >= 15 is 0 Å². The van der Waals surface area contributed by atoms with Crippen molar-refractivity contribution < 1.29 is 23.8 Å². The lowest BCUT2D eigenvalue weighted by Gasteiger charge is -2.16. The minimum atomic E-state index is -0.916. The number of nitrogens with one attached hydrogen (secondary N) is 2. The van der Waals surface area contributed by atoms with Gasteiger partial charge in [0, 0.05) is 11.8 Å². The number of fused-ring (bicyclic) bond motifs is 2. The van der Waals surface area contributed by atoms with Gasteiger partial charge in [0.1, 0.15) is 0 Å². The molecule has 0 spiro atoms. The molecule has 138 valence electrons. The van der Waals surface area contributed by atoms with Gasteiger partial charge in [0.15, 0.2) is 17.6 Å². The highest BCUT2D eigenvalue weighted by Crippen LogP contribution is 2.34. The molecule has 0 saturated carbocycles. The number of hydrogen-bond acceptors (Lipinski definition) is 6. The number of carbonyl (C=O) groups excluding carboxylic acids is 2. The summed E-state index contributed by atoms with van der Waals surface area (Å²) in [4.78, 5) is 32.0. The smallest absolute Gasteiger partial charge is 0.338 e. The quantitative estimate of drug-likeness (QED) is 0.672. The zero-order valence-electron chi connectivity index (χ0n) is 14.5. The van der Waals surface area contributed by atoms with E-state index in [0.29, 0.717) is 29.2 Å². The summed E-state index contributed by atoms with van der Waals surface area (Å²) in [7, 11) is 0. The molecule has 4 rings (SSSR count). The summed E-state index contributed by atoms with van der Waals surface area (Å²) in [5, 5.41) is 2.74. The Balaban J connectivity index is 1.44. The van der Waals surface area contributed by atoms with E-state index < -0.39 is 18.0 Å². The van der Waals surface area contributed by atoms with E-state index in [-0.39, 0.29) is 6.79 Å². The highest BCUT2D eigenvalue weighted by molar-refractivity contribution is 5.98. The number of anilines is 1. The van der Waals surface area contributed by atoms with E-state index in [1.54, 1.807) is 49.6 Å². The molecular formula is C19H17N3O5. The van der Waals surface area contributed by atoms with Crippen LogP contribution in [0.3, 0.4) is 0 Å². The third-order valence-electron chi connectivity index (χ3n) is 4.21. The maximum Gasteiger partial charge on any atom is 0.338 e. The van der Waals surface area contributed by atoms with Crippen molar-refractivity contribution in [2.24, 2.45) is 0 Å². The fourth-order valence-corrected chi connectivity index (χ4v) is 2.78. The van der Waals surface area contributed by atoms with E-state index in [1.165, 1.54) is 0 Å². The first-order valence-corrected chi connectivity index (χ1v) is 8.48. The van der Waals surface area contributed by atoms with Crippen molar-refractivity contribution in [3.63, 3.8) is 0 Å². The van der Waals surface area contributed by atoms with Crippen LogP contribution in [0.2, 0.25) is 0 Å². The average Bonchev–Trinajstić information content (AvgIpc) is 3.33. The molecule has 2 heterocycles. The van der Waals surface area contributed by atoms with Crippen molar-refractivity contribution >= 4 is 28.6 Å². The lowest BCUT2D eigenvalue weighted by atomic mass is 10.2. The van der Waals surface area contributed by atoms with Gasteiger partial charge in [-0.25, -0.2) is 9.78 Å². The number of aromatic amines is 1. The third-order valence-corrected chi connectivity index (χ3v) is 4.21. The standard InChI is InChI=1S/C19H17N3O5/c1-2-15(18(23)22-12-4-6-16-17(8-12)26-10-25-16)27-19(24)11-3-5-13-14(7-11)21-9-20-13/h3-9,15H,2,10H2,1H3,(H,20,21)(H,22,23). The molecule has 0 radical (unpaired) electrons. The second kappa shape index (κ2) is 6.99. The molecule has 1 aromatic heterocycles. The number of aromatic nitrogens is 2. The monoisotopic (exact) mass is 367 g/mol. The zero-order chi connectivity index (χ0) is 18.8. The van der Waals surface area contributed by atoms with E-state index in [9.17, 15) is 9.59 Å². The average molecular weight is 367 g/mol. The Morgan fingerprint density at radius 1 is 1.22 bits per heavy atom. The topological polar surface area (TPSA) is 103 Å². The van der Waals surface area contributed by atoms with Gasteiger partial charge >= 0.3 is 5.97 Å². The largest absolute Gasteiger partial charge is 0.454 e. The molecule has 1 atom stereocenters. The van der Waals surface area contributed by atoms with E-state index in [0.717, 1.165) is 11.0 Å². The lowest BCUT2D eigenvalue weighted by Crippen LogP contribution is -2.32. The maximum atomic E-state index is 12.5. The van der Waals surface area contributed by atoms with Gasteiger partial charge in [-0.3, -0.25) is 4.79 Å². The van der Waals surface area contributed by atoms with Gasteiger partial charge in [-0.2, -0.15) is 0 Å². The van der Waals surface area contributed by atoms with Crippen molar-refractivity contribution in [3.05, 3.63) is 48.3 Å². The van der Waals surface area contributed by atoms with Crippen molar-refractivity contribution in [1.82, 2.24) is 9.97 Å². The minimum Gasteiger partial charge on any atom is -0.454 e. The van der Waals surface area contributed by atoms with Gasteiger partial charge in [-0.15, -0.1) is 0 Å². The number of esters is 1. The molecular weight excluding hydrogens is 350 g/mol. The summed E-state index contributed by atoms with van der Waals surface area (Å²) < 4.78 is 15.9. The number of imidazole rings is 1. The predicted octanol–water partition coefficient (Wildman–Crippen LogP) is 2.87. The second-order valence-electron chi connectivity index (χ2n) is 5.99. The molecule has 0 aliphatic carbocycles. The number of carbonyl (C=O) groups is 2. The van der Waals surface area contributed by atoms with Gasteiger partial charge in [-0.1, -0.05) is 6.92 Å². The molecule has 27 heavy (non-hydrogen) atoms. The Morgan fingerprint density at radius 3 is 2.93 bits per heavy atom. The molecule has 0 saturated heterocycles. The minimum absolute atomic E-state index is 0.155. The van der Waals surface area contributed by atoms with Crippen LogP contribution in [0.4, 0.5) is 5.69 Å². The Kier molecular flexibility index (Phi) is 4.37. The molecule has 1 aliphatic rings. The van der Waals surface area contributed by atoms with Crippen LogP contribution in [0.25, 0.3) is 11.0 Å². The van der Waals surface area contributed by atoms with Crippen LogP contribution < -0.4 is 14.8 Å². The second-order valence-corrected chi connectivity index (χ2v) is 5.99. The van der Waals surface area contributed by atoms with E-state index in [4.69, 9.17) is 14.2 Å². The molecule has 1 unspecified atom stereocenters. The summed E-state index contributed by atoms with van der Waals surface area (Å²) in [5.41, 5.74) is 2.36. The summed E-state index contributed by atoms with van der Waals surface area (Å²) >= 11 is 0. The summed E-state index contributed by atoms with van der Waals surface area (Å²) in [6, 6.07) is 10.1. The first-order valence-electron chi connectivity index (χ1n) is 8.48. The van der Waals surface area contributed by atoms with Crippen LogP contribution in [0, 0.1) is 0 Å². The number of amides is 1. The number of H-pyrrole nitrogens is 1. The van der Waals surface area contributed by atoms with Crippen LogP contribution in [-0.4, -0.2) is 34.7 Å². The summed E-state index contributed by atoms with van der Waals surface area (Å²) in [6.07, 6.45) is 0.974. The van der Waals surface area contributed by atoms with Crippen LogP contribution in [-0.2, 0) is 9.53 Å². The Morgan fingerprint density at radius 2 is 2.07 bits per heavy atom. The normalized spacial score (nSPS) is 13.4. The van der Waals surface area contributed by atoms with Gasteiger partial charge < -0.3 is 24.5 Å². The molecule has 2 aromatic carbocycles. The number of rotatable bonds is 5. The lowest BCUT2D eigenvalue weighted by molar-refractivity contribution is -0.124. The van der Waals surface area contributed by atoms with E-state index in [1.807, 2.05) is 0 Å². The molecule has 3 aromatic rings. The summed E-state index contributed by atoms with van der Waals surface area (Å²) in [5.74, 6) is 0.206. The Labute approximate surface area is 154 Å². The Bertz CT molecular complexity index is 1010. The van der Waals surface area contributed by atoms with Gasteiger partial charge in [0.05, 0.1) is 22.9 Å². The number of nitrogens with zero attached hydrogens (tertiary/aromatic N) is 1. The predicted molar refractivity (Wildman–Crippen MR) is 96.8 cm³/mol. The maximum absolute atomic E-state index is 12.5. The van der Waals surface area contributed by atoms with Crippen molar-refractivity contribution in [2.75, 3.05) is 12.1 Å². The van der Waals surface area contributed by atoms with Crippen LogP contribution in [0.5, 0.6) is 11.5 Å². The van der Waals surface area contributed by atoms with Crippen LogP contribution in [0.1, 0.15) is 23.7 Å². The Hall–Kier alpha value is -3.55. The fraction of sp³-hybridized carbons (Fsp3) is 0.211. The van der Waals surface area contributed by atoms with Crippen LogP contribution >= 0.6 is 0 Å². The SMILES string of the molecule is CCC(OC(=O)c1ccc2nc[nH]c2c1)C(=O)Nc1ccc2c(c1)OCO2. The molecule has 0 fully saturated rings. The molecule has 1 amide bonds. The zero-order valence-corrected chi connectivity index (χ0v) is 14.5.